The summed E-state index contributed by atoms with van der Waals surface area (Å²) in [4.78, 5) is 0. The third-order valence-electron chi connectivity index (χ3n) is 2.21. The Bertz CT molecular complexity index is 342. The number of aliphatic hydroxyl groups is 1. The van der Waals surface area contributed by atoms with Crippen LogP contribution in [0.3, 0.4) is 0 Å². The predicted octanol–water partition coefficient (Wildman–Crippen LogP) is 2.00. The predicted molar refractivity (Wildman–Crippen MR) is 58.9 cm³/mol. The topological polar surface area (TPSA) is 38.7 Å². The van der Waals surface area contributed by atoms with E-state index in [0.717, 1.165) is 0 Å². The van der Waals surface area contributed by atoms with Gasteiger partial charge in [-0.15, -0.1) is 0 Å². The average molecular weight is 249 g/mol. The molecule has 1 N–H and O–H groups in total. The molecule has 1 rings (SSSR count). The van der Waals surface area contributed by atoms with Crippen molar-refractivity contribution < 1.29 is 19.0 Å². The molecule has 0 aliphatic carbocycles. The van der Waals surface area contributed by atoms with Crippen LogP contribution in [0.15, 0.2) is 18.2 Å². The lowest BCUT2D eigenvalue weighted by molar-refractivity contribution is -0.163. The van der Waals surface area contributed by atoms with E-state index in [4.69, 9.17) is 21.1 Å². The summed E-state index contributed by atoms with van der Waals surface area (Å²) in [5.41, 5.74) is 0.633. The first-order valence-corrected chi connectivity index (χ1v) is 5.14. The van der Waals surface area contributed by atoms with Crippen molar-refractivity contribution in [3.05, 3.63) is 34.6 Å². The van der Waals surface area contributed by atoms with Crippen molar-refractivity contribution >= 4 is 11.6 Å². The summed E-state index contributed by atoms with van der Waals surface area (Å²) in [5.74, 6) is -0.502. The maximum Gasteiger partial charge on any atom is 0.183 e. The Morgan fingerprint density at radius 1 is 1.38 bits per heavy atom. The van der Waals surface area contributed by atoms with E-state index in [1.54, 1.807) is 6.07 Å². The molecule has 0 fully saturated rings. The zero-order chi connectivity index (χ0) is 12.1. The average Bonchev–Trinajstić information content (AvgIpc) is 2.25. The van der Waals surface area contributed by atoms with Crippen LogP contribution in [0, 0.1) is 5.82 Å². The molecule has 3 nitrogen and oxygen atoms in total. The van der Waals surface area contributed by atoms with Gasteiger partial charge in [0.2, 0.25) is 0 Å². The van der Waals surface area contributed by atoms with Gasteiger partial charge in [0, 0.05) is 20.6 Å². The van der Waals surface area contributed by atoms with Crippen molar-refractivity contribution in [2.45, 2.75) is 18.8 Å². The van der Waals surface area contributed by atoms with Crippen molar-refractivity contribution in [3.63, 3.8) is 0 Å². The summed E-state index contributed by atoms with van der Waals surface area (Å²) < 4.78 is 22.9. The standard InChI is InChI=1S/C11H14ClFO3/c1-15-11(16-2)10(14)6-7-3-4-8(12)9(13)5-7/h3-5,10-11,14H,6H2,1-2H3. The molecule has 90 valence electrons. The molecule has 0 aromatic heterocycles. The van der Waals surface area contributed by atoms with E-state index in [0.29, 0.717) is 5.56 Å². The van der Waals surface area contributed by atoms with Crippen LogP contribution in [0.2, 0.25) is 5.02 Å². The maximum atomic E-state index is 13.1. The highest BCUT2D eigenvalue weighted by atomic mass is 35.5. The van der Waals surface area contributed by atoms with Gasteiger partial charge in [0.15, 0.2) is 6.29 Å². The molecule has 0 aliphatic rings. The van der Waals surface area contributed by atoms with Gasteiger partial charge >= 0.3 is 0 Å². The number of ether oxygens (including phenoxy) is 2. The molecule has 1 unspecified atom stereocenters. The second kappa shape index (κ2) is 6.15. The van der Waals surface area contributed by atoms with Gasteiger partial charge in [0.1, 0.15) is 11.9 Å². The normalized spacial score (nSPS) is 13.1. The molecule has 0 amide bonds. The Morgan fingerprint density at radius 2 is 2.00 bits per heavy atom. The van der Waals surface area contributed by atoms with Crippen molar-refractivity contribution in [1.82, 2.24) is 0 Å². The summed E-state index contributed by atoms with van der Waals surface area (Å²) in [6, 6.07) is 4.39. The molecule has 5 heteroatoms. The van der Waals surface area contributed by atoms with Crippen molar-refractivity contribution in [3.8, 4) is 0 Å². The molecule has 0 saturated carbocycles. The number of aliphatic hydroxyl groups excluding tert-OH is 1. The maximum absolute atomic E-state index is 13.1. The number of benzene rings is 1. The van der Waals surface area contributed by atoms with Crippen molar-refractivity contribution in [1.29, 1.82) is 0 Å². The first-order chi connectivity index (χ1) is 7.58. The Kier molecular flexibility index (Phi) is 5.15. The third kappa shape index (κ3) is 3.42. The monoisotopic (exact) mass is 248 g/mol. The van der Waals surface area contributed by atoms with Crippen LogP contribution in [0.4, 0.5) is 4.39 Å². The van der Waals surface area contributed by atoms with Crippen LogP contribution < -0.4 is 0 Å². The van der Waals surface area contributed by atoms with E-state index in [1.807, 2.05) is 0 Å². The van der Waals surface area contributed by atoms with Crippen LogP contribution in [0.1, 0.15) is 5.56 Å². The van der Waals surface area contributed by atoms with Gasteiger partial charge < -0.3 is 14.6 Å². The molecule has 1 aromatic carbocycles. The summed E-state index contributed by atoms with van der Waals surface area (Å²) in [6.07, 6.45) is -1.34. The number of hydrogen-bond acceptors (Lipinski definition) is 3. The highest BCUT2D eigenvalue weighted by Gasteiger charge is 2.18. The van der Waals surface area contributed by atoms with Crippen LogP contribution in [0.5, 0.6) is 0 Å². The second-order valence-electron chi connectivity index (χ2n) is 3.36. The molecule has 0 radical (unpaired) electrons. The van der Waals surface area contributed by atoms with Gasteiger partial charge in [0.25, 0.3) is 0 Å². The van der Waals surface area contributed by atoms with Crippen molar-refractivity contribution in [2.24, 2.45) is 0 Å². The minimum Gasteiger partial charge on any atom is -0.387 e. The Labute approximate surface area is 98.7 Å². The van der Waals surface area contributed by atoms with Crippen LogP contribution in [0.25, 0.3) is 0 Å². The number of rotatable bonds is 5. The highest BCUT2D eigenvalue weighted by Crippen LogP contribution is 2.17. The Hall–Kier alpha value is -0.680. The van der Waals surface area contributed by atoms with Gasteiger partial charge in [-0.25, -0.2) is 4.39 Å². The molecular weight excluding hydrogens is 235 g/mol. The fourth-order valence-corrected chi connectivity index (χ4v) is 1.53. The van der Waals surface area contributed by atoms with Crippen LogP contribution in [-0.2, 0) is 15.9 Å². The molecule has 0 heterocycles. The zero-order valence-electron chi connectivity index (χ0n) is 9.11. The number of methoxy groups -OCH3 is 2. The van der Waals surface area contributed by atoms with Gasteiger partial charge in [-0.2, -0.15) is 0 Å². The van der Waals surface area contributed by atoms with E-state index in [1.165, 1.54) is 26.4 Å². The van der Waals surface area contributed by atoms with E-state index in [-0.39, 0.29) is 11.4 Å². The fraction of sp³-hybridized carbons (Fsp3) is 0.455. The van der Waals surface area contributed by atoms with E-state index in [2.05, 4.69) is 0 Å². The number of hydrogen-bond donors (Lipinski definition) is 1. The number of halogens is 2. The van der Waals surface area contributed by atoms with Crippen molar-refractivity contribution in [2.75, 3.05) is 14.2 Å². The summed E-state index contributed by atoms with van der Waals surface area (Å²) >= 11 is 5.55. The third-order valence-corrected chi connectivity index (χ3v) is 2.51. The lowest BCUT2D eigenvalue weighted by Crippen LogP contribution is -2.31. The first-order valence-electron chi connectivity index (χ1n) is 4.76. The SMILES string of the molecule is COC(OC)C(O)Cc1ccc(Cl)c(F)c1. The molecule has 1 atom stereocenters. The van der Waals surface area contributed by atoms with E-state index >= 15 is 0 Å². The van der Waals surface area contributed by atoms with E-state index < -0.39 is 18.2 Å². The largest absolute Gasteiger partial charge is 0.387 e. The lowest BCUT2D eigenvalue weighted by Gasteiger charge is -2.19. The molecule has 16 heavy (non-hydrogen) atoms. The lowest BCUT2D eigenvalue weighted by atomic mass is 10.1. The minimum absolute atomic E-state index is 0.0632. The molecule has 0 bridgehead atoms. The molecular formula is C11H14ClFO3. The molecule has 0 aliphatic heterocycles. The fourth-order valence-electron chi connectivity index (χ4n) is 1.41. The van der Waals surface area contributed by atoms with Gasteiger partial charge in [-0.1, -0.05) is 17.7 Å². The van der Waals surface area contributed by atoms with Crippen LogP contribution in [-0.4, -0.2) is 31.7 Å². The molecule has 0 spiro atoms. The van der Waals surface area contributed by atoms with Gasteiger partial charge in [-0.05, 0) is 17.7 Å². The van der Waals surface area contributed by atoms with Crippen LogP contribution >= 0.6 is 11.6 Å². The Balaban J connectivity index is 2.69. The summed E-state index contributed by atoms with van der Waals surface area (Å²) in [5, 5.41) is 9.78. The van der Waals surface area contributed by atoms with E-state index in [9.17, 15) is 9.50 Å². The van der Waals surface area contributed by atoms with Gasteiger partial charge in [-0.3, -0.25) is 0 Å². The van der Waals surface area contributed by atoms with Gasteiger partial charge in [0.05, 0.1) is 5.02 Å². The summed E-state index contributed by atoms with van der Waals surface area (Å²) in [7, 11) is 2.86. The quantitative estimate of drug-likeness (QED) is 0.810. The Morgan fingerprint density at radius 3 is 2.50 bits per heavy atom. The molecule has 1 aromatic rings. The second-order valence-corrected chi connectivity index (χ2v) is 3.77. The smallest absolute Gasteiger partial charge is 0.183 e. The highest BCUT2D eigenvalue weighted by molar-refractivity contribution is 6.30. The zero-order valence-corrected chi connectivity index (χ0v) is 9.87. The molecule has 0 saturated heterocycles. The first kappa shape index (κ1) is 13.4. The minimum atomic E-state index is -0.851. The summed E-state index contributed by atoms with van der Waals surface area (Å²) in [6.45, 7) is 0.